The predicted octanol–water partition coefficient (Wildman–Crippen LogP) is 1.68. The lowest BCUT2D eigenvalue weighted by molar-refractivity contribution is -0.155. The van der Waals surface area contributed by atoms with Gasteiger partial charge in [-0.3, -0.25) is 14.4 Å². The lowest BCUT2D eigenvalue weighted by atomic mass is 10.0. The van der Waals surface area contributed by atoms with E-state index in [0.29, 0.717) is 25.8 Å². The Labute approximate surface area is 125 Å². The second kappa shape index (κ2) is 6.91. The molecule has 2 atom stereocenters. The van der Waals surface area contributed by atoms with E-state index in [1.807, 2.05) is 0 Å². The van der Waals surface area contributed by atoms with Gasteiger partial charge in [-0.25, -0.2) is 0 Å². The molecule has 120 valence electrons. The van der Waals surface area contributed by atoms with Crippen molar-refractivity contribution in [3.05, 3.63) is 0 Å². The summed E-state index contributed by atoms with van der Waals surface area (Å²) in [4.78, 5) is 36.2. The van der Waals surface area contributed by atoms with E-state index in [-0.39, 0.29) is 24.2 Å². The number of carboxylic acid groups (broad SMARTS) is 1. The molecule has 1 rings (SSSR count). The number of ether oxygens (including phenoxy) is 1. The Morgan fingerprint density at radius 2 is 1.76 bits per heavy atom. The molecule has 1 aliphatic carbocycles. The van der Waals surface area contributed by atoms with Crippen LogP contribution in [0.4, 0.5) is 0 Å². The second-order valence-corrected chi connectivity index (χ2v) is 6.64. The highest BCUT2D eigenvalue weighted by atomic mass is 16.6. The summed E-state index contributed by atoms with van der Waals surface area (Å²) in [5.74, 6) is -1.91. The highest BCUT2D eigenvalue weighted by Crippen LogP contribution is 2.32. The summed E-state index contributed by atoms with van der Waals surface area (Å²) in [6.45, 7) is 5.68. The summed E-state index contributed by atoms with van der Waals surface area (Å²) >= 11 is 0. The first-order valence-electron chi connectivity index (χ1n) is 7.30. The van der Waals surface area contributed by atoms with E-state index in [0.717, 1.165) is 0 Å². The van der Waals surface area contributed by atoms with Crippen LogP contribution in [0.5, 0.6) is 0 Å². The molecular weight excluding hydrogens is 274 g/mol. The van der Waals surface area contributed by atoms with Crippen LogP contribution in [0.3, 0.4) is 0 Å². The molecule has 0 aliphatic heterocycles. The van der Waals surface area contributed by atoms with E-state index in [1.165, 1.54) is 4.90 Å². The molecule has 0 spiro atoms. The molecule has 1 aliphatic rings. The van der Waals surface area contributed by atoms with Gasteiger partial charge in [-0.2, -0.15) is 0 Å². The largest absolute Gasteiger partial charge is 0.481 e. The summed E-state index contributed by atoms with van der Waals surface area (Å²) in [5, 5.41) is 8.95. The topological polar surface area (TPSA) is 83.9 Å². The zero-order valence-electron chi connectivity index (χ0n) is 13.2. The number of hydrogen-bond acceptors (Lipinski definition) is 4. The Hall–Kier alpha value is -1.59. The van der Waals surface area contributed by atoms with Crippen LogP contribution in [-0.4, -0.2) is 47.0 Å². The van der Waals surface area contributed by atoms with E-state index < -0.39 is 17.5 Å². The van der Waals surface area contributed by atoms with E-state index in [1.54, 1.807) is 27.8 Å². The van der Waals surface area contributed by atoms with Gasteiger partial charge in [0.25, 0.3) is 0 Å². The van der Waals surface area contributed by atoms with Crippen molar-refractivity contribution in [3.63, 3.8) is 0 Å². The van der Waals surface area contributed by atoms with E-state index in [2.05, 4.69) is 0 Å². The molecule has 1 N–H and O–H groups in total. The predicted molar refractivity (Wildman–Crippen MR) is 76.6 cm³/mol. The maximum atomic E-state index is 12.2. The van der Waals surface area contributed by atoms with Crippen molar-refractivity contribution in [2.45, 2.75) is 52.1 Å². The third-order valence-electron chi connectivity index (χ3n) is 3.58. The number of esters is 1. The molecule has 1 amide bonds. The average Bonchev–Trinajstić information content (AvgIpc) is 2.82. The zero-order chi connectivity index (χ0) is 16.2. The minimum Gasteiger partial charge on any atom is -0.481 e. The summed E-state index contributed by atoms with van der Waals surface area (Å²) in [5.41, 5.74) is -0.528. The van der Waals surface area contributed by atoms with Crippen molar-refractivity contribution < 1.29 is 24.2 Å². The molecule has 0 unspecified atom stereocenters. The summed E-state index contributed by atoms with van der Waals surface area (Å²) in [6.07, 6.45) is 1.69. The monoisotopic (exact) mass is 299 g/mol. The van der Waals surface area contributed by atoms with Crippen LogP contribution >= 0.6 is 0 Å². The molecule has 0 aromatic carbocycles. The first-order chi connectivity index (χ1) is 9.60. The first kappa shape index (κ1) is 17.5. The second-order valence-electron chi connectivity index (χ2n) is 6.64. The minimum absolute atomic E-state index is 0.0812. The van der Waals surface area contributed by atoms with Crippen molar-refractivity contribution in [2.75, 3.05) is 13.6 Å². The molecule has 0 aromatic rings. The van der Waals surface area contributed by atoms with Crippen LogP contribution < -0.4 is 0 Å². The van der Waals surface area contributed by atoms with Crippen LogP contribution in [0, 0.1) is 11.8 Å². The van der Waals surface area contributed by atoms with Crippen LogP contribution in [0.2, 0.25) is 0 Å². The van der Waals surface area contributed by atoms with Gasteiger partial charge in [0.1, 0.15) is 5.60 Å². The van der Waals surface area contributed by atoms with E-state index >= 15 is 0 Å². The number of aliphatic carboxylic acids is 1. The number of carbonyl (C=O) groups is 3. The van der Waals surface area contributed by atoms with Crippen molar-refractivity contribution in [1.82, 2.24) is 4.90 Å². The average molecular weight is 299 g/mol. The fraction of sp³-hybridized carbons (Fsp3) is 0.800. The van der Waals surface area contributed by atoms with Gasteiger partial charge in [0.05, 0.1) is 12.3 Å². The molecule has 0 bridgehead atoms. The number of nitrogens with zero attached hydrogens (tertiary/aromatic N) is 1. The maximum absolute atomic E-state index is 12.2. The number of carboxylic acids is 1. The quantitative estimate of drug-likeness (QED) is 0.781. The van der Waals surface area contributed by atoms with Crippen molar-refractivity contribution in [1.29, 1.82) is 0 Å². The Bertz CT molecular complexity index is 413. The van der Waals surface area contributed by atoms with Crippen LogP contribution in [0.1, 0.15) is 46.5 Å². The van der Waals surface area contributed by atoms with Crippen LogP contribution in [-0.2, 0) is 19.1 Å². The molecule has 6 heteroatoms. The lowest BCUT2D eigenvalue weighted by Crippen LogP contribution is -2.35. The van der Waals surface area contributed by atoms with Gasteiger partial charge >= 0.3 is 11.9 Å². The zero-order valence-corrected chi connectivity index (χ0v) is 13.2. The number of hydrogen-bond donors (Lipinski definition) is 1. The van der Waals surface area contributed by atoms with Crippen LogP contribution in [0.25, 0.3) is 0 Å². The molecule has 0 aromatic heterocycles. The fourth-order valence-electron chi connectivity index (χ4n) is 2.50. The molecule has 0 heterocycles. The van der Waals surface area contributed by atoms with Gasteiger partial charge in [0, 0.05) is 19.5 Å². The van der Waals surface area contributed by atoms with Gasteiger partial charge < -0.3 is 14.7 Å². The first-order valence-corrected chi connectivity index (χ1v) is 7.30. The van der Waals surface area contributed by atoms with E-state index in [9.17, 15) is 14.4 Å². The molecule has 6 nitrogen and oxygen atoms in total. The maximum Gasteiger partial charge on any atom is 0.308 e. The van der Waals surface area contributed by atoms with Crippen molar-refractivity contribution in [3.8, 4) is 0 Å². The van der Waals surface area contributed by atoms with Gasteiger partial charge in [0.15, 0.2) is 0 Å². The number of carbonyl (C=O) groups excluding carboxylic acids is 2. The smallest absolute Gasteiger partial charge is 0.308 e. The number of amides is 1. The molecule has 0 saturated heterocycles. The normalized spacial score (nSPS) is 21.9. The third kappa shape index (κ3) is 5.73. The molecule has 1 fully saturated rings. The number of rotatable bonds is 5. The van der Waals surface area contributed by atoms with Gasteiger partial charge in [-0.05, 0) is 40.0 Å². The third-order valence-corrected chi connectivity index (χ3v) is 3.58. The Morgan fingerprint density at radius 1 is 1.19 bits per heavy atom. The summed E-state index contributed by atoms with van der Waals surface area (Å²) in [6, 6.07) is 0. The highest BCUT2D eigenvalue weighted by molar-refractivity contribution is 5.81. The lowest BCUT2D eigenvalue weighted by Gasteiger charge is -2.23. The SMILES string of the molecule is CN(CCC(=O)OC(C)(C)C)C(=O)[C@@H]1CC[C@H](C(=O)O)C1. The molecular formula is C15H25NO5. The fourth-order valence-corrected chi connectivity index (χ4v) is 2.50. The van der Waals surface area contributed by atoms with Crippen LogP contribution in [0.15, 0.2) is 0 Å². The summed E-state index contributed by atoms with van der Waals surface area (Å²) < 4.78 is 5.19. The Kier molecular flexibility index (Phi) is 5.75. The molecule has 0 radical (unpaired) electrons. The summed E-state index contributed by atoms with van der Waals surface area (Å²) in [7, 11) is 1.64. The standard InChI is InChI=1S/C15H25NO5/c1-15(2,3)21-12(17)7-8-16(4)13(18)10-5-6-11(9-10)14(19)20/h10-11H,5-9H2,1-4H3,(H,19,20)/t10-,11+/m1/s1. The Morgan fingerprint density at radius 3 is 2.24 bits per heavy atom. The highest BCUT2D eigenvalue weighted by Gasteiger charge is 2.35. The molecule has 21 heavy (non-hydrogen) atoms. The van der Waals surface area contributed by atoms with Crippen molar-refractivity contribution in [2.24, 2.45) is 11.8 Å². The minimum atomic E-state index is -0.832. The van der Waals surface area contributed by atoms with Gasteiger partial charge in [-0.1, -0.05) is 0 Å². The van der Waals surface area contributed by atoms with Crippen molar-refractivity contribution >= 4 is 17.8 Å². The van der Waals surface area contributed by atoms with Gasteiger partial charge in [-0.15, -0.1) is 0 Å². The Balaban J connectivity index is 2.39. The van der Waals surface area contributed by atoms with E-state index in [4.69, 9.17) is 9.84 Å². The molecule has 1 saturated carbocycles. The van der Waals surface area contributed by atoms with Gasteiger partial charge in [0.2, 0.25) is 5.91 Å².